The fraction of sp³-hybridized carbons (Fsp3) is 0.278. The summed E-state index contributed by atoms with van der Waals surface area (Å²) in [6, 6.07) is 15.4. The number of hydrogen-bond acceptors (Lipinski definition) is 4. The lowest BCUT2D eigenvalue weighted by Gasteiger charge is -2.29. The van der Waals surface area contributed by atoms with E-state index in [1.54, 1.807) is 6.07 Å². The molecule has 0 unspecified atom stereocenters. The second-order valence-electron chi connectivity index (χ2n) is 5.54. The van der Waals surface area contributed by atoms with Crippen LogP contribution in [0.15, 0.2) is 48.5 Å². The number of hydrogen-bond donors (Lipinski definition) is 2. The normalized spacial score (nSPS) is 14.5. The summed E-state index contributed by atoms with van der Waals surface area (Å²) < 4.78 is 5.36. The summed E-state index contributed by atoms with van der Waals surface area (Å²) in [5, 5.41) is 2.92. The highest BCUT2D eigenvalue weighted by Crippen LogP contribution is 2.22. The van der Waals surface area contributed by atoms with Gasteiger partial charge in [0.05, 0.1) is 18.8 Å². The zero-order valence-electron chi connectivity index (χ0n) is 13.0. The molecule has 1 heterocycles. The monoisotopic (exact) mass is 311 g/mol. The average Bonchev–Trinajstić information content (AvgIpc) is 2.62. The number of carbonyl (C=O) groups excluding carboxylic acids is 1. The van der Waals surface area contributed by atoms with E-state index in [0.29, 0.717) is 31.0 Å². The third-order valence-corrected chi connectivity index (χ3v) is 3.95. The minimum atomic E-state index is -0.151. The Morgan fingerprint density at radius 2 is 1.87 bits per heavy atom. The molecule has 1 aliphatic rings. The molecule has 0 bridgehead atoms. The second-order valence-corrected chi connectivity index (χ2v) is 5.54. The summed E-state index contributed by atoms with van der Waals surface area (Å²) in [5.74, 6) is -0.151. The number of ether oxygens (including phenoxy) is 1. The Morgan fingerprint density at radius 3 is 2.61 bits per heavy atom. The van der Waals surface area contributed by atoms with Crippen LogP contribution in [0.4, 0.5) is 11.4 Å². The fourth-order valence-electron chi connectivity index (χ4n) is 2.63. The van der Waals surface area contributed by atoms with Crippen molar-refractivity contribution in [3.05, 3.63) is 59.7 Å². The molecule has 0 saturated carbocycles. The van der Waals surface area contributed by atoms with E-state index < -0.39 is 0 Å². The molecule has 1 amide bonds. The molecule has 3 N–H and O–H groups in total. The average molecular weight is 311 g/mol. The Balaban J connectivity index is 1.71. The summed E-state index contributed by atoms with van der Waals surface area (Å²) in [5.41, 5.74) is 9.06. The van der Waals surface area contributed by atoms with E-state index in [1.165, 1.54) is 0 Å². The minimum Gasteiger partial charge on any atom is -0.398 e. The lowest BCUT2D eigenvalue weighted by molar-refractivity contribution is 0.0952. The van der Waals surface area contributed by atoms with Crippen LogP contribution in [0.5, 0.6) is 0 Å². The standard InChI is InChI=1S/C18H21N3O2/c19-17-7-6-15(21-8-10-23-11-9-21)12-16(17)18(22)20-13-14-4-2-1-3-5-14/h1-7,12H,8-11,13,19H2,(H,20,22). The number of nitrogens with one attached hydrogen (secondary N) is 1. The van der Waals surface area contributed by atoms with Gasteiger partial charge in [0.2, 0.25) is 0 Å². The molecule has 2 aromatic carbocycles. The van der Waals surface area contributed by atoms with Gasteiger partial charge in [-0.15, -0.1) is 0 Å². The molecule has 23 heavy (non-hydrogen) atoms. The van der Waals surface area contributed by atoms with E-state index in [2.05, 4.69) is 10.2 Å². The van der Waals surface area contributed by atoms with Crippen molar-refractivity contribution in [2.45, 2.75) is 6.54 Å². The highest BCUT2D eigenvalue weighted by molar-refractivity contribution is 6.00. The van der Waals surface area contributed by atoms with Crippen LogP contribution in [0.3, 0.4) is 0 Å². The van der Waals surface area contributed by atoms with Crippen LogP contribution in [0.25, 0.3) is 0 Å². The van der Waals surface area contributed by atoms with Gasteiger partial charge in [0.25, 0.3) is 5.91 Å². The van der Waals surface area contributed by atoms with Gasteiger partial charge in [0, 0.05) is 31.0 Å². The van der Waals surface area contributed by atoms with Crippen LogP contribution >= 0.6 is 0 Å². The van der Waals surface area contributed by atoms with Gasteiger partial charge in [-0.25, -0.2) is 0 Å². The molecule has 1 fully saturated rings. The van der Waals surface area contributed by atoms with Crippen molar-refractivity contribution in [3.8, 4) is 0 Å². The molecule has 2 aromatic rings. The predicted molar refractivity (Wildman–Crippen MR) is 91.5 cm³/mol. The number of nitrogen functional groups attached to an aromatic ring is 1. The zero-order chi connectivity index (χ0) is 16.1. The fourth-order valence-corrected chi connectivity index (χ4v) is 2.63. The van der Waals surface area contributed by atoms with Gasteiger partial charge in [-0.3, -0.25) is 4.79 Å². The van der Waals surface area contributed by atoms with Crippen LogP contribution in [-0.4, -0.2) is 32.2 Å². The Morgan fingerprint density at radius 1 is 1.13 bits per heavy atom. The van der Waals surface area contributed by atoms with Gasteiger partial charge >= 0.3 is 0 Å². The molecule has 1 saturated heterocycles. The molecule has 120 valence electrons. The maximum absolute atomic E-state index is 12.4. The molecular formula is C18H21N3O2. The third kappa shape index (κ3) is 3.81. The summed E-state index contributed by atoms with van der Waals surface area (Å²) >= 11 is 0. The quantitative estimate of drug-likeness (QED) is 0.848. The Bertz CT molecular complexity index is 667. The zero-order valence-corrected chi connectivity index (χ0v) is 13.0. The van der Waals surface area contributed by atoms with Gasteiger partial charge in [-0.05, 0) is 23.8 Å². The second kappa shape index (κ2) is 7.15. The van der Waals surface area contributed by atoms with E-state index in [-0.39, 0.29) is 5.91 Å². The van der Waals surface area contributed by atoms with Gasteiger partial charge < -0.3 is 20.7 Å². The first-order chi connectivity index (χ1) is 11.2. The van der Waals surface area contributed by atoms with Crippen LogP contribution in [-0.2, 0) is 11.3 Å². The summed E-state index contributed by atoms with van der Waals surface area (Å²) in [6.07, 6.45) is 0. The van der Waals surface area contributed by atoms with Gasteiger partial charge in [0.1, 0.15) is 0 Å². The predicted octanol–water partition coefficient (Wildman–Crippen LogP) is 2.04. The summed E-state index contributed by atoms with van der Waals surface area (Å²) in [6.45, 7) is 3.56. The summed E-state index contributed by atoms with van der Waals surface area (Å²) in [4.78, 5) is 14.6. The van der Waals surface area contributed by atoms with Crippen molar-refractivity contribution < 1.29 is 9.53 Å². The van der Waals surface area contributed by atoms with E-state index in [9.17, 15) is 4.79 Å². The van der Waals surface area contributed by atoms with Gasteiger partial charge in [-0.1, -0.05) is 30.3 Å². The summed E-state index contributed by atoms with van der Waals surface area (Å²) in [7, 11) is 0. The third-order valence-electron chi connectivity index (χ3n) is 3.95. The molecule has 0 aromatic heterocycles. The first kappa shape index (κ1) is 15.4. The van der Waals surface area contributed by atoms with Crippen LogP contribution < -0.4 is 16.0 Å². The molecule has 0 atom stereocenters. The van der Waals surface area contributed by atoms with E-state index in [0.717, 1.165) is 24.3 Å². The smallest absolute Gasteiger partial charge is 0.253 e. The van der Waals surface area contributed by atoms with Gasteiger partial charge in [0.15, 0.2) is 0 Å². The van der Waals surface area contributed by atoms with E-state index >= 15 is 0 Å². The Hall–Kier alpha value is -2.53. The van der Waals surface area contributed by atoms with Crippen molar-refractivity contribution >= 4 is 17.3 Å². The van der Waals surface area contributed by atoms with E-state index in [1.807, 2.05) is 42.5 Å². The number of nitrogens with two attached hydrogens (primary N) is 1. The molecule has 3 rings (SSSR count). The van der Waals surface area contributed by atoms with Crippen molar-refractivity contribution in [1.82, 2.24) is 5.32 Å². The van der Waals surface area contributed by atoms with Crippen molar-refractivity contribution in [3.63, 3.8) is 0 Å². The van der Waals surface area contributed by atoms with Crippen LogP contribution in [0.1, 0.15) is 15.9 Å². The SMILES string of the molecule is Nc1ccc(N2CCOCC2)cc1C(=O)NCc1ccccc1. The highest BCUT2D eigenvalue weighted by atomic mass is 16.5. The first-order valence-electron chi connectivity index (χ1n) is 7.78. The molecule has 1 aliphatic heterocycles. The maximum atomic E-state index is 12.4. The number of nitrogens with zero attached hydrogens (tertiary/aromatic N) is 1. The minimum absolute atomic E-state index is 0.151. The maximum Gasteiger partial charge on any atom is 0.253 e. The largest absolute Gasteiger partial charge is 0.398 e. The number of carbonyl (C=O) groups is 1. The first-order valence-corrected chi connectivity index (χ1v) is 7.78. The Labute approximate surface area is 136 Å². The lowest BCUT2D eigenvalue weighted by Crippen LogP contribution is -2.36. The van der Waals surface area contributed by atoms with Crippen molar-refractivity contribution in [1.29, 1.82) is 0 Å². The molecule has 0 radical (unpaired) electrons. The van der Waals surface area contributed by atoms with Gasteiger partial charge in [-0.2, -0.15) is 0 Å². The topological polar surface area (TPSA) is 67.6 Å². The van der Waals surface area contributed by atoms with Crippen LogP contribution in [0, 0.1) is 0 Å². The number of benzene rings is 2. The molecule has 5 nitrogen and oxygen atoms in total. The number of rotatable bonds is 4. The highest BCUT2D eigenvalue weighted by Gasteiger charge is 2.15. The lowest BCUT2D eigenvalue weighted by atomic mass is 10.1. The van der Waals surface area contributed by atoms with Crippen molar-refractivity contribution in [2.75, 3.05) is 36.9 Å². The van der Waals surface area contributed by atoms with Crippen molar-refractivity contribution in [2.24, 2.45) is 0 Å². The molecule has 0 aliphatic carbocycles. The molecule has 5 heteroatoms. The molecule has 0 spiro atoms. The number of amides is 1. The molecular weight excluding hydrogens is 290 g/mol. The Kier molecular flexibility index (Phi) is 4.78. The van der Waals surface area contributed by atoms with Crippen LogP contribution in [0.2, 0.25) is 0 Å². The van der Waals surface area contributed by atoms with E-state index in [4.69, 9.17) is 10.5 Å². The number of anilines is 2. The number of morpholine rings is 1.